The fourth-order valence-corrected chi connectivity index (χ4v) is 3.32. The number of nitrogens with one attached hydrogen (secondary N) is 1. The SMILES string of the molecule is Cc1ccc(-c2c(Cc3nn[nH]n3)c(C)nc(CC(C)C)c2CN)cc1. The van der Waals surface area contributed by atoms with Gasteiger partial charge >= 0.3 is 0 Å². The second-order valence-corrected chi connectivity index (χ2v) is 7.15. The molecule has 0 fully saturated rings. The van der Waals surface area contributed by atoms with Crippen LogP contribution in [0.3, 0.4) is 0 Å². The average molecular weight is 350 g/mol. The van der Waals surface area contributed by atoms with Gasteiger partial charge in [0.25, 0.3) is 0 Å². The van der Waals surface area contributed by atoms with Crippen LogP contribution in [-0.4, -0.2) is 25.6 Å². The summed E-state index contributed by atoms with van der Waals surface area (Å²) in [5, 5.41) is 14.5. The van der Waals surface area contributed by atoms with Gasteiger partial charge in [0.1, 0.15) is 0 Å². The van der Waals surface area contributed by atoms with Gasteiger partial charge in [0.15, 0.2) is 5.82 Å². The summed E-state index contributed by atoms with van der Waals surface area (Å²) in [5.74, 6) is 1.17. The number of nitrogens with two attached hydrogens (primary N) is 1. The quantitative estimate of drug-likeness (QED) is 0.712. The van der Waals surface area contributed by atoms with Crippen LogP contribution in [0.4, 0.5) is 0 Å². The Labute approximate surface area is 154 Å². The summed E-state index contributed by atoms with van der Waals surface area (Å²) in [6, 6.07) is 8.57. The summed E-state index contributed by atoms with van der Waals surface area (Å²) >= 11 is 0. The first-order chi connectivity index (χ1) is 12.5. The first-order valence-electron chi connectivity index (χ1n) is 9.00. The van der Waals surface area contributed by atoms with Gasteiger partial charge in [0.05, 0.1) is 0 Å². The number of tetrazole rings is 1. The highest BCUT2D eigenvalue weighted by atomic mass is 15.5. The molecule has 3 aromatic rings. The third kappa shape index (κ3) is 3.80. The van der Waals surface area contributed by atoms with Crippen molar-refractivity contribution in [3.63, 3.8) is 0 Å². The molecule has 6 heteroatoms. The van der Waals surface area contributed by atoms with E-state index in [4.69, 9.17) is 10.7 Å². The van der Waals surface area contributed by atoms with Crippen LogP contribution in [0.5, 0.6) is 0 Å². The Morgan fingerprint density at radius 1 is 1.08 bits per heavy atom. The van der Waals surface area contributed by atoms with Crippen LogP contribution < -0.4 is 5.73 Å². The van der Waals surface area contributed by atoms with Gasteiger partial charge < -0.3 is 5.73 Å². The molecule has 0 amide bonds. The van der Waals surface area contributed by atoms with Crippen molar-refractivity contribution in [2.24, 2.45) is 11.7 Å². The van der Waals surface area contributed by atoms with Gasteiger partial charge in [-0.3, -0.25) is 4.98 Å². The van der Waals surface area contributed by atoms with Gasteiger partial charge in [-0.05, 0) is 48.4 Å². The van der Waals surface area contributed by atoms with Crippen LogP contribution >= 0.6 is 0 Å². The molecule has 0 spiro atoms. The van der Waals surface area contributed by atoms with Crippen molar-refractivity contribution in [1.29, 1.82) is 0 Å². The number of aryl methyl sites for hydroxylation is 2. The fraction of sp³-hybridized carbons (Fsp3) is 0.400. The number of hydrogen-bond donors (Lipinski definition) is 2. The number of aromatic amines is 1. The number of hydrogen-bond acceptors (Lipinski definition) is 5. The predicted molar refractivity (Wildman–Crippen MR) is 103 cm³/mol. The van der Waals surface area contributed by atoms with Crippen LogP contribution in [0.1, 0.15) is 47.8 Å². The van der Waals surface area contributed by atoms with Crippen LogP contribution in [-0.2, 0) is 19.4 Å². The third-order valence-electron chi connectivity index (χ3n) is 4.56. The minimum Gasteiger partial charge on any atom is -0.326 e. The molecular weight excluding hydrogens is 324 g/mol. The maximum Gasteiger partial charge on any atom is 0.179 e. The molecule has 3 N–H and O–H groups in total. The zero-order chi connectivity index (χ0) is 18.7. The Kier molecular flexibility index (Phi) is 5.42. The van der Waals surface area contributed by atoms with E-state index in [1.54, 1.807) is 0 Å². The van der Waals surface area contributed by atoms with Crippen molar-refractivity contribution in [3.8, 4) is 11.1 Å². The zero-order valence-corrected chi connectivity index (χ0v) is 15.9. The third-order valence-corrected chi connectivity index (χ3v) is 4.56. The molecule has 6 nitrogen and oxygen atoms in total. The summed E-state index contributed by atoms with van der Waals surface area (Å²) in [5.41, 5.74) is 14.1. The molecule has 3 rings (SSSR count). The van der Waals surface area contributed by atoms with E-state index in [-0.39, 0.29) is 0 Å². The fourth-order valence-electron chi connectivity index (χ4n) is 3.32. The van der Waals surface area contributed by atoms with Crippen LogP contribution in [0.15, 0.2) is 24.3 Å². The Hall–Kier alpha value is -2.60. The van der Waals surface area contributed by atoms with Crippen molar-refractivity contribution >= 4 is 0 Å². The van der Waals surface area contributed by atoms with E-state index in [0.29, 0.717) is 24.7 Å². The molecular formula is C20H26N6. The normalized spacial score (nSPS) is 11.3. The molecule has 2 heterocycles. The van der Waals surface area contributed by atoms with Gasteiger partial charge in [-0.15, -0.1) is 10.2 Å². The van der Waals surface area contributed by atoms with Crippen molar-refractivity contribution in [2.75, 3.05) is 0 Å². The molecule has 0 aliphatic carbocycles. The van der Waals surface area contributed by atoms with Gasteiger partial charge in [0, 0.05) is 24.4 Å². The highest BCUT2D eigenvalue weighted by Gasteiger charge is 2.20. The van der Waals surface area contributed by atoms with Gasteiger partial charge in [0.2, 0.25) is 0 Å². The smallest absolute Gasteiger partial charge is 0.179 e. The summed E-state index contributed by atoms with van der Waals surface area (Å²) in [4.78, 5) is 4.90. The second-order valence-electron chi connectivity index (χ2n) is 7.15. The Morgan fingerprint density at radius 2 is 1.81 bits per heavy atom. The van der Waals surface area contributed by atoms with Crippen molar-refractivity contribution in [1.82, 2.24) is 25.6 Å². The van der Waals surface area contributed by atoms with Gasteiger partial charge in [-0.2, -0.15) is 5.21 Å². The summed E-state index contributed by atoms with van der Waals surface area (Å²) in [6.07, 6.45) is 1.49. The van der Waals surface area contributed by atoms with Crippen LogP contribution in [0.2, 0.25) is 0 Å². The van der Waals surface area contributed by atoms with E-state index in [9.17, 15) is 0 Å². The monoisotopic (exact) mass is 350 g/mol. The molecule has 0 aliphatic rings. The standard InChI is InChI=1S/C20H26N6/c1-12(2)9-18-17(11-21)20(15-7-5-13(3)6-8-15)16(14(4)22-18)10-19-23-25-26-24-19/h5-8,12H,9-11,21H2,1-4H3,(H,23,24,25,26). The Balaban J connectivity index is 2.23. The number of pyridine rings is 1. The largest absolute Gasteiger partial charge is 0.326 e. The van der Waals surface area contributed by atoms with E-state index in [2.05, 4.69) is 72.6 Å². The minimum atomic E-state index is 0.456. The number of benzene rings is 1. The molecule has 2 aromatic heterocycles. The maximum atomic E-state index is 6.20. The lowest BCUT2D eigenvalue weighted by atomic mass is 9.88. The lowest BCUT2D eigenvalue weighted by molar-refractivity contribution is 0.628. The number of aromatic nitrogens is 5. The number of rotatable bonds is 6. The lowest BCUT2D eigenvalue weighted by Crippen LogP contribution is -2.13. The lowest BCUT2D eigenvalue weighted by Gasteiger charge is -2.20. The molecule has 26 heavy (non-hydrogen) atoms. The molecule has 0 bridgehead atoms. The van der Waals surface area contributed by atoms with E-state index in [0.717, 1.165) is 34.5 Å². The molecule has 0 saturated heterocycles. The molecule has 0 saturated carbocycles. The maximum absolute atomic E-state index is 6.20. The number of H-pyrrole nitrogens is 1. The zero-order valence-electron chi connectivity index (χ0n) is 15.9. The van der Waals surface area contributed by atoms with Crippen molar-refractivity contribution in [3.05, 3.63) is 58.2 Å². The van der Waals surface area contributed by atoms with Crippen molar-refractivity contribution in [2.45, 2.75) is 47.1 Å². The summed E-state index contributed by atoms with van der Waals surface area (Å²) in [7, 11) is 0. The minimum absolute atomic E-state index is 0.456. The molecule has 0 radical (unpaired) electrons. The summed E-state index contributed by atoms with van der Waals surface area (Å²) in [6.45, 7) is 9.01. The Bertz CT molecular complexity index is 866. The molecule has 0 atom stereocenters. The molecule has 0 unspecified atom stereocenters. The predicted octanol–water partition coefficient (Wildman–Crippen LogP) is 3.13. The van der Waals surface area contributed by atoms with Crippen molar-refractivity contribution < 1.29 is 0 Å². The van der Waals surface area contributed by atoms with E-state index in [1.807, 2.05) is 0 Å². The molecule has 1 aromatic carbocycles. The van der Waals surface area contributed by atoms with Gasteiger partial charge in [-0.1, -0.05) is 48.9 Å². The number of nitrogens with zero attached hydrogens (tertiary/aromatic N) is 4. The first kappa shape index (κ1) is 18.2. The average Bonchev–Trinajstić information content (AvgIpc) is 3.10. The summed E-state index contributed by atoms with van der Waals surface area (Å²) < 4.78 is 0. The van der Waals surface area contributed by atoms with Crippen LogP contribution in [0, 0.1) is 19.8 Å². The molecule has 136 valence electrons. The van der Waals surface area contributed by atoms with E-state index in [1.165, 1.54) is 11.1 Å². The van der Waals surface area contributed by atoms with Gasteiger partial charge in [-0.25, -0.2) is 0 Å². The second kappa shape index (κ2) is 7.74. The van der Waals surface area contributed by atoms with E-state index >= 15 is 0 Å². The Morgan fingerprint density at radius 3 is 2.38 bits per heavy atom. The highest BCUT2D eigenvalue weighted by molar-refractivity contribution is 5.73. The van der Waals surface area contributed by atoms with Crippen LogP contribution in [0.25, 0.3) is 11.1 Å². The highest BCUT2D eigenvalue weighted by Crippen LogP contribution is 2.33. The van der Waals surface area contributed by atoms with E-state index < -0.39 is 0 Å². The first-order valence-corrected chi connectivity index (χ1v) is 9.00. The molecule has 0 aliphatic heterocycles. The topological polar surface area (TPSA) is 93.4 Å².